The van der Waals surface area contributed by atoms with Gasteiger partial charge in [-0.2, -0.15) is 0 Å². The van der Waals surface area contributed by atoms with Gasteiger partial charge in [0.05, 0.1) is 11.9 Å². The van der Waals surface area contributed by atoms with Crippen LogP contribution in [0.25, 0.3) is 10.9 Å². The maximum absolute atomic E-state index is 11.9. The Labute approximate surface area is 104 Å². The fourth-order valence-corrected chi connectivity index (χ4v) is 2.00. The van der Waals surface area contributed by atoms with Crippen LogP contribution in [0.4, 0.5) is 0 Å². The van der Waals surface area contributed by atoms with E-state index in [1.54, 1.807) is 4.68 Å². The third-order valence-corrected chi connectivity index (χ3v) is 2.86. The highest BCUT2D eigenvalue weighted by atomic mass is 16.2. The number of aromatic amines is 1. The molecule has 4 heteroatoms. The van der Waals surface area contributed by atoms with Gasteiger partial charge in [0, 0.05) is 23.5 Å². The number of nitrogens with zero attached hydrogens (tertiary/aromatic N) is 1. The van der Waals surface area contributed by atoms with Gasteiger partial charge in [-0.3, -0.25) is 14.9 Å². The zero-order valence-electron chi connectivity index (χ0n) is 9.76. The zero-order chi connectivity index (χ0) is 12.4. The summed E-state index contributed by atoms with van der Waals surface area (Å²) in [4.78, 5) is 14.9. The number of hydrogen-bond donors (Lipinski definition) is 2. The molecule has 0 aliphatic heterocycles. The number of aromatic nitrogens is 2. The predicted octanol–water partition coefficient (Wildman–Crippen LogP) is 2.28. The molecule has 0 unspecified atom stereocenters. The van der Waals surface area contributed by atoms with E-state index in [0.717, 1.165) is 16.6 Å². The molecule has 90 valence electrons. The molecule has 0 aliphatic carbocycles. The molecule has 1 amide bonds. The summed E-state index contributed by atoms with van der Waals surface area (Å²) in [5.74, 6) is -0.0428. The molecule has 2 aromatic heterocycles. The topological polar surface area (TPSA) is 49.8 Å². The number of benzene rings is 1. The number of para-hydroxylation sites is 1. The summed E-state index contributed by atoms with van der Waals surface area (Å²) in [5, 5.41) is 1.11. The molecule has 0 fully saturated rings. The number of rotatable bonds is 3. The molecular formula is C14H13N3O. The van der Waals surface area contributed by atoms with E-state index in [0.29, 0.717) is 6.42 Å². The van der Waals surface area contributed by atoms with Crippen LogP contribution in [-0.4, -0.2) is 15.6 Å². The fraction of sp³-hybridized carbons (Fsp3) is 0.0714. The lowest BCUT2D eigenvalue weighted by Gasteiger charge is -2.07. The second-order valence-corrected chi connectivity index (χ2v) is 4.15. The van der Waals surface area contributed by atoms with Crippen molar-refractivity contribution in [1.82, 2.24) is 9.66 Å². The van der Waals surface area contributed by atoms with Crippen LogP contribution in [0.3, 0.4) is 0 Å². The molecule has 0 atom stereocenters. The van der Waals surface area contributed by atoms with E-state index >= 15 is 0 Å². The number of amides is 1. The minimum absolute atomic E-state index is 0.0428. The van der Waals surface area contributed by atoms with Crippen molar-refractivity contribution in [3.63, 3.8) is 0 Å². The molecule has 0 aliphatic rings. The molecule has 0 radical (unpaired) electrons. The Morgan fingerprint density at radius 1 is 1.17 bits per heavy atom. The van der Waals surface area contributed by atoms with Crippen molar-refractivity contribution in [2.75, 3.05) is 5.43 Å². The molecule has 0 saturated heterocycles. The molecular weight excluding hydrogens is 226 g/mol. The Balaban J connectivity index is 1.78. The Hall–Kier alpha value is -2.49. The summed E-state index contributed by atoms with van der Waals surface area (Å²) in [5.41, 5.74) is 4.76. The second-order valence-electron chi connectivity index (χ2n) is 4.15. The lowest BCUT2D eigenvalue weighted by Crippen LogP contribution is -2.23. The first-order valence-corrected chi connectivity index (χ1v) is 5.81. The van der Waals surface area contributed by atoms with E-state index in [1.165, 1.54) is 0 Å². The number of fused-ring (bicyclic) bond motifs is 1. The van der Waals surface area contributed by atoms with Crippen molar-refractivity contribution in [2.45, 2.75) is 6.42 Å². The summed E-state index contributed by atoms with van der Waals surface area (Å²) in [6.45, 7) is 0. The number of carbonyl (C=O) groups is 1. The lowest BCUT2D eigenvalue weighted by molar-refractivity contribution is -0.116. The quantitative estimate of drug-likeness (QED) is 0.723. The van der Waals surface area contributed by atoms with E-state index in [4.69, 9.17) is 0 Å². The fourth-order valence-electron chi connectivity index (χ4n) is 2.00. The molecule has 3 rings (SSSR count). The molecule has 0 bridgehead atoms. The van der Waals surface area contributed by atoms with E-state index in [-0.39, 0.29) is 5.91 Å². The average Bonchev–Trinajstić information content (AvgIpc) is 3.00. The smallest absolute Gasteiger partial charge is 0.244 e. The first-order valence-electron chi connectivity index (χ1n) is 5.81. The first-order chi connectivity index (χ1) is 8.83. The third-order valence-electron chi connectivity index (χ3n) is 2.86. The number of hydrogen-bond acceptors (Lipinski definition) is 1. The van der Waals surface area contributed by atoms with Crippen molar-refractivity contribution in [3.05, 3.63) is 60.6 Å². The van der Waals surface area contributed by atoms with Crippen molar-refractivity contribution in [2.24, 2.45) is 0 Å². The van der Waals surface area contributed by atoms with Gasteiger partial charge in [-0.1, -0.05) is 18.2 Å². The van der Waals surface area contributed by atoms with Crippen LogP contribution in [0, 0.1) is 0 Å². The summed E-state index contributed by atoms with van der Waals surface area (Å²) in [6, 6.07) is 13.7. The van der Waals surface area contributed by atoms with Crippen molar-refractivity contribution in [3.8, 4) is 0 Å². The summed E-state index contributed by atoms with van der Waals surface area (Å²) >= 11 is 0. The van der Waals surface area contributed by atoms with Gasteiger partial charge in [-0.05, 0) is 24.3 Å². The predicted molar refractivity (Wildman–Crippen MR) is 70.8 cm³/mol. The highest BCUT2D eigenvalue weighted by Crippen LogP contribution is 2.13. The Kier molecular flexibility index (Phi) is 2.61. The van der Waals surface area contributed by atoms with E-state index in [9.17, 15) is 4.79 Å². The molecule has 4 nitrogen and oxygen atoms in total. The maximum Gasteiger partial charge on any atom is 0.244 e. The van der Waals surface area contributed by atoms with E-state index in [1.807, 2.05) is 54.9 Å². The van der Waals surface area contributed by atoms with Crippen molar-refractivity contribution in [1.29, 1.82) is 0 Å². The summed E-state index contributed by atoms with van der Waals surface area (Å²) in [6.07, 6.45) is 4.02. The third kappa shape index (κ3) is 2.00. The van der Waals surface area contributed by atoms with Crippen molar-refractivity contribution >= 4 is 16.8 Å². The maximum atomic E-state index is 11.9. The lowest BCUT2D eigenvalue weighted by atomic mass is 10.2. The first kappa shape index (κ1) is 10.7. The van der Waals surface area contributed by atoms with Gasteiger partial charge in [0.1, 0.15) is 0 Å². The van der Waals surface area contributed by atoms with Gasteiger partial charge < -0.3 is 4.98 Å². The number of nitrogens with one attached hydrogen (secondary N) is 2. The van der Waals surface area contributed by atoms with Gasteiger partial charge in [-0.25, -0.2) is 0 Å². The second kappa shape index (κ2) is 4.41. The molecule has 2 heterocycles. The summed E-state index contributed by atoms with van der Waals surface area (Å²) < 4.78 is 1.75. The SMILES string of the molecule is O=C(Cc1ccc[nH]1)Nn1ccc2ccccc21. The normalized spacial score (nSPS) is 10.7. The molecule has 0 saturated carbocycles. The Bertz CT molecular complexity index is 667. The minimum atomic E-state index is -0.0428. The molecule has 18 heavy (non-hydrogen) atoms. The molecule has 1 aromatic carbocycles. The molecule has 3 aromatic rings. The Morgan fingerprint density at radius 2 is 2.06 bits per heavy atom. The largest absolute Gasteiger partial charge is 0.365 e. The number of carbonyl (C=O) groups excluding carboxylic acids is 1. The van der Waals surface area contributed by atoms with Gasteiger partial charge >= 0.3 is 0 Å². The zero-order valence-corrected chi connectivity index (χ0v) is 9.76. The molecule has 0 spiro atoms. The van der Waals surface area contributed by atoms with Gasteiger partial charge in [-0.15, -0.1) is 0 Å². The summed E-state index contributed by atoms with van der Waals surface area (Å²) in [7, 11) is 0. The van der Waals surface area contributed by atoms with Crippen LogP contribution in [-0.2, 0) is 11.2 Å². The van der Waals surface area contributed by atoms with Crippen LogP contribution in [0.15, 0.2) is 54.9 Å². The van der Waals surface area contributed by atoms with Crippen LogP contribution in [0.5, 0.6) is 0 Å². The van der Waals surface area contributed by atoms with Crippen LogP contribution in [0.2, 0.25) is 0 Å². The highest BCUT2D eigenvalue weighted by molar-refractivity contribution is 5.88. The van der Waals surface area contributed by atoms with Crippen LogP contribution in [0.1, 0.15) is 5.69 Å². The van der Waals surface area contributed by atoms with E-state index in [2.05, 4.69) is 10.4 Å². The average molecular weight is 239 g/mol. The highest BCUT2D eigenvalue weighted by Gasteiger charge is 2.06. The number of H-pyrrole nitrogens is 1. The van der Waals surface area contributed by atoms with Gasteiger partial charge in [0.25, 0.3) is 0 Å². The van der Waals surface area contributed by atoms with E-state index < -0.39 is 0 Å². The van der Waals surface area contributed by atoms with Crippen molar-refractivity contribution < 1.29 is 4.79 Å². The standard InChI is InChI=1S/C14H13N3O/c18-14(10-12-5-3-8-15-12)16-17-9-7-11-4-1-2-6-13(11)17/h1-9,15H,10H2,(H,16,18). The monoisotopic (exact) mass is 239 g/mol. The van der Waals surface area contributed by atoms with Gasteiger partial charge in [0.2, 0.25) is 5.91 Å². The van der Waals surface area contributed by atoms with Crippen LogP contribution >= 0.6 is 0 Å². The molecule has 2 N–H and O–H groups in total. The van der Waals surface area contributed by atoms with Gasteiger partial charge in [0.15, 0.2) is 0 Å². The minimum Gasteiger partial charge on any atom is -0.365 e. The van der Waals surface area contributed by atoms with Crippen LogP contribution < -0.4 is 5.43 Å². The Morgan fingerprint density at radius 3 is 2.89 bits per heavy atom.